The van der Waals surface area contributed by atoms with Gasteiger partial charge in [-0.3, -0.25) is 4.79 Å². The first-order valence-corrected chi connectivity index (χ1v) is 8.21. The molecular weight excluding hydrogens is 268 g/mol. The monoisotopic (exact) mass is 292 g/mol. The van der Waals surface area contributed by atoms with Gasteiger partial charge in [0.05, 0.1) is 0 Å². The normalized spacial score (nSPS) is 16.7. The third-order valence-corrected chi connectivity index (χ3v) is 4.68. The number of rotatable bonds is 4. The Morgan fingerprint density at radius 2 is 1.85 bits per heavy atom. The van der Waals surface area contributed by atoms with Crippen molar-refractivity contribution in [2.45, 2.75) is 42.9 Å². The van der Waals surface area contributed by atoms with Crippen LogP contribution in [0.25, 0.3) is 0 Å². The van der Waals surface area contributed by atoms with Crippen molar-refractivity contribution in [2.75, 3.05) is 20.1 Å². The van der Waals surface area contributed by atoms with Crippen LogP contribution >= 0.6 is 11.8 Å². The fourth-order valence-corrected chi connectivity index (χ4v) is 3.34. The average Bonchev–Trinajstić information content (AvgIpc) is 2.47. The first-order chi connectivity index (χ1) is 9.60. The molecule has 4 heteroatoms. The number of nitrogens with one attached hydrogen (secondary N) is 1. The topological polar surface area (TPSA) is 32.3 Å². The Morgan fingerprint density at radius 3 is 2.35 bits per heavy atom. The van der Waals surface area contributed by atoms with Gasteiger partial charge in [0.15, 0.2) is 0 Å². The molecule has 0 spiro atoms. The molecule has 1 aromatic carbocycles. The minimum absolute atomic E-state index is 0.167. The maximum Gasteiger partial charge on any atom is 0.253 e. The summed E-state index contributed by atoms with van der Waals surface area (Å²) in [5.74, 6) is 0.167. The van der Waals surface area contributed by atoms with Crippen LogP contribution in [0.2, 0.25) is 0 Å². The Morgan fingerprint density at radius 1 is 1.25 bits per heavy atom. The van der Waals surface area contributed by atoms with Gasteiger partial charge in [-0.2, -0.15) is 0 Å². The molecule has 0 unspecified atom stereocenters. The molecule has 0 saturated carbocycles. The van der Waals surface area contributed by atoms with E-state index < -0.39 is 0 Å². The van der Waals surface area contributed by atoms with Crippen LogP contribution in [0, 0.1) is 0 Å². The number of carbonyl (C=O) groups excluding carboxylic acids is 1. The van der Waals surface area contributed by atoms with E-state index in [2.05, 4.69) is 31.3 Å². The number of amides is 1. The molecule has 2 rings (SSSR count). The lowest BCUT2D eigenvalue weighted by Gasteiger charge is -2.31. The van der Waals surface area contributed by atoms with Gasteiger partial charge in [-0.15, -0.1) is 11.8 Å². The minimum atomic E-state index is 0.167. The molecule has 20 heavy (non-hydrogen) atoms. The molecule has 110 valence electrons. The summed E-state index contributed by atoms with van der Waals surface area (Å²) in [4.78, 5) is 15.6. The predicted octanol–water partition coefficient (Wildman–Crippen LogP) is 3.01. The van der Waals surface area contributed by atoms with Crippen molar-refractivity contribution >= 4 is 17.7 Å². The Labute approximate surface area is 126 Å². The highest BCUT2D eigenvalue weighted by molar-refractivity contribution is 7.99. The Hall–Kier alpha value is -1.00. The van der Waals surface area contributed by atoms with E-state index in [-0.39, 0.29) is 5.91 Å². The van der Waals surface area contributed by atoms with Crippen LogP contribution < -0.4 is 5.32 Å². The summed E-state index contributed by atoms with van der Waals surface area (Å²) in [5, 5.41) is 3.85. The molecule has 1 N–H and O–H groups in total. The van der Waals surface area contributed by atoms with Gasteiger partial charge in [0.1, 0.15) is 0 Å². The molecule has 3 nitrogen and oxygen atoms in total. The summed E-state index contributed by atoms with van der Waals surface area (Å²) < 4.78 is 0. The summed E-state index contributed by atoms with van der Waals surface area (Å²) in [5.41, 5.74) is 0.806. The number of thioether (sulfide) groups is 1. The summed E-state index contributed by atoms with van der Waals surface area (Å²) in [6.07, 6.45) is 2.09. The number of benzene rings is 1. The predicted molar refractivity (Wildman–Crippen MR) is 85.4 cm³/mol. The van der Waals surface area contributed by atoms with Crippen LogP contribution in [-0.4, -0.2) is 42.2 Å². The molecule has 0 aromatic heterocycles. The zero-order valence-electron chi connectivity index (χ0n) is 12.6. The average molecular weight is 292 g/mol. The highest BCUT2D eigenvalue weighted by atomic mass is 32.2. The summed E-state index contributed by atoms with van der Waals surface area (Å²) >= 11 is 1.82. The maximum absolute atomic E-state index is 12.4. The van der Waals surface area contributed by atoms with E-state index in [1.807, 2.05) is 35.8 Å². The zero-order chi connectivity index (χ0) is 14.5. The first kappa shape index (κ1) is 15.4. The van der Waals surface area contributed by atoms with Gasteiger partial charge in [0.2, 0.25) is 0 Å². The van der Waals surface area contributed by atoms with Gasteiger partial charge in [0, 0.05) is 34.8 Å². The smallest absolute Gasteiger partial charge is 0.253 e. The largest absolute Gasteiger partial charge is 0.339 e. The van der Waals surface area contributed by atoms with Gasteiger partial charge in [0.25, 0.3) is 5.91 Å². The lowest BCUT2D eigenvalue weighted by atomic mass is 10.0. The standard InChI is InChI=1S/C16H24N2OS/c1-12(2)20-15-6-4-13(5-7-15)16(19)18-10-8-14(17-3)9-11-18/h4-7,12,14,17H,8-11H2,1-3H3. The van der Waals surface area contributed by atoms with Crippen molar-refractivity contribution in [1.29, 1.82) is 0 Å². The second-order valence-corrected chi connectivity index (χ2v) is 7.20. The quantitative estimate of drug-likeness (QED) is 0.866. The van der Waals surface area contributed by atoms with E-state index in [0.29, 0.717) is 11.3 Å². The molecule has 1 aromatic rings. The van der Waals surface area contributed by atoms with Crippen molar-refractivity contribution in [2.24, 2.45) is 0 Å². The second-order valence-electron chi connectivity index (χ2n) is 5.55. The Bertz CT molecular complexity index is 436. The van der Waals surface area contributed by atoms with E-state index in [1.165, 1.54) is 4.90 Å². The molecule has 0 aliphatic carbocycles. The summed E-state index contributed by atoms with van der Waals surface area (Å²) in [7, 11) is 1.99. The molecule has 1 aliphatic rings. The third-order valence-electron chi connectivity index (χ3n) is 3.66. The molecule has 1 saturated heterocycles. The highest BCUT2D eigenvalue weighted by Gasteiger charge is 2.22. The molecule has 0 radical (unpaired) electrons. The molecule has 1 fully saturated rings. The number of hydrogen-bond donors (Lipinski definition) is 1. The van der Waals surface area contributed by atoms with Crippen molar-refractivity contribution in [3.05, 3.63) is 29.8 Å². The van der Waals surface area contributed by atoms with Crippen LogP contribution in [0.1, 0.15) is 37.0 Å². The van der Waals surface area contributed by atoms with Crippen LogP contribution in [0.5, 0.6) is 0 Å². The maximum atomic E-state index is 12.4. The lowest BCUT2D eigenvalue weighted by Crippen LogP contribution is -2.43. The molecule has 0 atom stereocenters. The highest BCUT2D eigenvalue weighted by Crippen LogP contribution is 2.23. The van der Waals surface area contributed by atoms with Gasteiger partial charge >= 0.3 is 0 Å². The fraction of sp³-hybridized carbons (Fsp3) is 0.562. The van der Waals surface area contributed by atoms with Crippen LogP contribution in [0.3, 0.4) is 0 Å². The number of piperidine rings is 1. The van der Waals surface area contributed by atoms with Gasteiger partial charge in [-0.05, 0) is 44.2 Å². The summed E-state index contributed by atoms with van der Waals surface area (Å²) in [6.45, 7) is 6.06. The fourth-order valence-electron chi connectivity index (χ4n) is 2.50. The van der Waals surface area contributed by atoms with Gasteiger partial charge in [-0.1, -0.05) is 13.8 Å². The summed E-state index contributed by atoms with van der Waals surface area (Å²) in [6, 6.07) is 8.58. The van der Waals surface area contributed by atoms with Crippen LogP contribution in [0.15, 0.2) is 29.2 Å². The molecule has 1 amide bonds. The van der Waals surface area contributed by atoms with Crippen molar-refractivity contribution in [3.8, 4) is 0 Å². The van der Waals surface area contributed by atoms with E-state index in [4.69, 9.17) is 0 Å². The molecule has 1 aliphatic heterocycles. The second kappa shape index (κ2) is 7.14. The SMILES string of the molecule is CNC1CCN(C(=O)c2ccc(SC(C)C)cc2)CC1. The van der Waals surface area contributed by atoms with E-state index >= 15 is 0 Å². The minimum Gasteiger partial charge on any atom is -0.339 e. The first-order valence-electron chi connectivity index (χ1n) is 7.33. The van der Waals surface area contributed by atoms with Crippen LogP contribution in [0.4, 0.5) is 0 Å². The van der Waals surface area contributed by atoms with Crippen molar-refractivity contribution < 1.29 is 4.79 Å². The van der Waals surface area contributed by atoms with E-state index in [1.54, 1.807) is 0 Å². The van der Waals surface area contributed by atoms with Gasteiger partial charge in [-0.25, -0.2) is 0 Å². The number of carbonyl (C=O) groups is 1. The van der Waals surface area contributed by atoms with Crippen LogP contribution in [-0.2, 0) is 0 Å². The number of nitrogens with zero attached hydrogens (tertiary/aromatic N) is 1. The molecular formula is C16H24N2OS. The number of likely N-dealkylation sites (tertiary alicyclic amines) is 1. The molecule has 0 bridgehead atoms. The molecule has 1 heterocycles. The van der Waals surface area contributed by atoms with E-state index in [9.17, 15) is 4.79 Å². The number of hydrogen-bond acceptors (Lipinski definition) is 3. The van der Waals surface area contributed by atoms with E-state index in [0.717, 1.165) is 31.5 Å². The van der Waals surface area contributed by atoms with Crippen molar-refractivity contribution in [3.63, 3.8) is 0 Å². The van der Waals surface area contributed by atoms with Gasteiger partial charge < -0.3 is 10.2 Å². The lowest BCUT2D eigenvalue weighted by molar-refractivity contribution is 0.0707. The Kier molecular flexibility index (Phi) is 5.49. The zero-order valence-corrected chi connectivity index (χ0v) is 13.4. The third kappa shape index (κ3) is 4.00. The van der Waals surface area contributed by atoms with Crippen molar-refractivity contribution in [1.82, 2.24) is 10.2 Å². The Balaban J connectivity index is 1.95.